The fraction of sp³-hybridized carbons (Fsp3) is 0.444. The summed E-state index contributed by atoms with van der Waals surface area (Å²) < 4.78 is 0. The molecule has 2 aromatic rings. The summed E-state index contributed by atoms with van der Waals surface area (Å²) >= 11 is 1.91. The summed E-state index contributed by atoms with van der Waals surface area (Å²) in [6, 6.07) is 13.1. The quantitative estimate of drug-likeness (QED) is 0.756. The maximum Gasteiger partial charge on any atom is 0.0494 e. The molecule has 2 rings (SSSR count). The largest absolute Gasteiger partial charge is 0.380 e. The average Bonchev–Trinajstić information content (AvgIpc) is 2.99. The standard InChI is InChI=1S/C18H26N2S/c1-4-16-11-12-17(21-16)13-19-18-10-8-7-9-15(18)14-20(5-2)6-3/h7-12,19H,4-6,13-14H2,1-3H3. The van der Waals surface area contributed by atoms with Crippen molar-refractivity contribution in [3.05, 3.63) is 51.7 Å². The number of hydrogen-bond acceptors (Lipinski definition) is 3. The number of nitrogens with one attached hydrogen (secondary N) is 1. The van der Waals surface area contributed by atoms with Crippen molar-refractivity contribution in [3.63, 3.8) is 0 Å². The molecule has 1 N–H and O–H groups in total. The molecule has 0 radical (unpaired) electrons. The SMILES string of the molecule is CCc1ccc(CNc2ccccc2CN(CC)CC)s1. The minimum absolute atomic E-state index is 0.917. The Morgan fingerprint density at radius 1 is 0.952 bits per heavy atom. The Morgan fingerprint density at radius 2 is 1.67 bits per heavy atom. The van der Waals surface area contributed by atoms with Crippen molar-refractivity contribution in [1.29, 1.82) is 0 Å². The molecule has 0 amide bonds. The van der Waals surface area contributed by atoms with Crippen LogP contribution in [0.2, 0.25) is 0 Å². The van der Waals surface area contributed by atoms with Crippen molar-refractivity contribution >= 4 is 17.0 Å². The smallest absolute Gasteiger partial charge is 0.0494 e. The Kier molecular flexibility index (Phi) is 6.27. The fourth-order valence-corrected chi connectivity index (χ4v) is 3.31. The summed E-state index contributed by atoms with van der Waals surface area (Å²) in [6.45, 7) is 10.8. The number of nitrogens with zero attached hydrogens (tertiary/aromatic N) is 1. The maximum atomic E-state index is 3.60. The van der Waals surface area contributed by atoms with Crippen molar-refractivity contribution < 1.29 is 0 Å². The molecule has 0 saturated heterocycles. The van der Waals surface area contributed by atoms with Crippen molar-refractivity contribution in [1.82, 2.24) is 4.90 Å². The second kappa shape index (κ2) is 8.20. The highest BCUT2D eigenvalue weighted by Crippen LogP contribution is 2.21. The third-order valence-corrected chi connectivity index (χ3v) is 5.05. The van der Waals surface area contributed by atoms with Gasteiger partial charge in [-0.05, 0) is 43.3 Å². The van der Waals surface area contributed by atoms with Gasteiger partial charge in [-0.25, -0.2) is 0 Å². The highest BCUT2D eigenvalue weighted by molar-refractivity contribution is 7.12. The summed E-state index contributed by atoms with van der Waals surface area (Å²) in [5.74, 6) is 0. The molecule has 0 unspecified atom stereocenters. The Bertz CT molecular complexity index is 544. The molecule has 1 aromatic carbocycles. The van der Waals surface area contributed by atoms with Gasteiger partial charge in [0.15, 0.2) is 0 Å². The van der Waals surface area contributed by atoms with Crippen LogP contribution in [0.4, 0.5) is 5.69 Å². The lowest BCUT2D eigenvalue weighted by molar-refractivity contribution is 0.296. The Balaban J connectivity index is 2.02. The third kappa shape index (κ3) is 4.58. The van der Waals surface area contributed by atoms with Gasteiger partial charge in [0, 0.05) is 28.5 Å². The first-order valence-corrected chi connectivity index (χ1v) is 8.70. The van der Waals surface area contributed by atoms with Crippen LogP contribution >= 0.6 is 11.3 Å². The number of benzene rings is 1. The van der Waals surface area contributed by atoms with E-state index in [2.05, 4.69) is 67.4 Å². The third-order valence-electron chi connectivity index (χ3n) is 3.82. The van der Waals surface area contributed by atoms with Crippen LogP contribution in [0.25, 0.3) is 0 Å². The normalized spacial score (nSPS) is 11.0. The first-order valence-electron chi connectivity index (χ1n) is 7.88. The van der Waals surface area contributed by atoms with Crippen molar-refractivity contribution in [2.45, 2.75) is 40.3 Å². The van der Waals surface area contributed by atoms with E-state index in [1.807, 2.05) is 11.3 Å². The lowest BCUT2D eigenvalue weighted by Crippen LogP contribution is -2.22. The van der Waals surface area contributed by atoms with Crippen LogP contribution in [0.5, 0.6) is 0 Å². The van der Waals surface area contributed by atoms with Crippen LogP contribution in [0, 0.1) is 0 Å². The molecule has 0 fully saturated rings. The fourth-order valence-electron chi connectivity index (χ4n) is 2.41. The molecule has 1 aromatic heterocycles. The molecule has 114 valence electrons. The number of rotatable bonds is 8. The van der Waals surface area contributed by atoms with Gasteiger partial charge in [0.2, 0.25) is 0 Å². The second-order valence-electron chi connectivity index (χ2n) is 5.19. The van der Waals surface area contributed by atoms with E-state index in [0.29, 0.717) is 0 Å². The topological polar surface area (TPSA) is 15.3 Å². The summed E-state index contributed by atoms with van der Waals surface area (Å²) in [6.07, 6.45) is 1.13. The van der Waals surface area contributed by atoms with Crippen molar-refractivity contribution in [3.8, 4) is 0 Å². The van der Waals surface area contributed by atoms with Gasteiger partial charge in [-0.3, -0.25) is 4.90 Å². The highest BCUT2D eigenvalue weighted by atomic mass is 32.1. The van der Waals surface area contributed by atoms with Gasteiger partial charge >= 0.3 is 0 Å². The zero-order valence-corrected chi connectivity index (χ0v) is 14.2. The lowest BCUT2D eigenvalue weighted by atomic mass is 10.1. The molecule has 0 aliphatic carbocycles. The van der Waals surface area contributed by atoms with Gasteiger partial charge in [0.25, 0.3) is 0 Å². The first kappa shape index (κ1) is 16.1. The van der Waals surface area contributed by atoms with Gasteiger partial charge in [-0.15, -0.1) is 11.3 Å². The van der Waals surface area contributed by atoms with Crippen LogP contribution < -0.4 is 5.32 Å². The van der Waals surface area contributed by atoms with Crippen molar-refractivity contribution in [2.24, 2.45) is 0 Å². The Morgan fingerprint density at radius 3 is 2.33 bits per heavy atom. The highest BCUT2D eigenvalue weighted by Gasteiger charge is 2.06. The van der Waals surface area contributed by atoms with Gasteiger partial charge < -0.3 is 5.32 Å². The molecule has 0 atom stereocenters. The molecule has 0 saturated carbocycles. The molecule has 0 aliphatic rings. The zero-order valence-electron chi connectivity index (χ0n) is 13.4. The van der Waals surface area contributed by atoms with Crippen LogP contribution in [0.15, 0.2) is 36.4 Å². The summed E-state index contributed by atoms with van der Waals surface area (Å²) in [5.41, 5.74) is 2.64. The Hall–Kier alpha value is -1.32. The first-order chi connectivity index (χ1) is 10.3. The average molecular weight is 302 g/mol. The zero-order chi connectivity index (χ0) is 15.1. The van der Waals surface area contributed by atoms with E-state index >= 15 is 0 Å². The van der Waals surface area contributed by atoms with E-state index in [0.717, 1.165) is 32.6 Å². The molecule has 2 nitrogen and oxygen atoms in total. The minimum Gasteiger partial charge on any atom is -0.380 e. The molecule has 21 heavy (non-hydrogen) atoms. The number of hydrogen-bond donors (Lipinski definition) is 1. The maximum absolute atomic E-state index is 3.60. The van der Waals surface area contributed by atoms with E-state index in [1.54, 1.807) is 0 Å². The molecule has 0 bridgehead atoms. The van der Waals surface area contributed by atoms with Crippen LogP contribution in [0.3, 0.4) is 0 Å². The molecular formula is C18H26N2S. The van der Waals surface area contributed by atoms with E-state index in [-0.39, 0.29) is 0 Å². The van der Waals surface area contributed by atoms with Gasteiger partial charge in [0.05, 0.1) is 0 Å². The Labute approximate surface area is 132 Å². The number of anilines is 1. The van der Waals surface area contributed by atoms with Crippen LogP contribution in [-0.2, 0) is 19.5 Å². The van der Waals surface area contributed by atoms with Gasteiger partial charge in [-0.1, -0.05) is 39.0 Å². The molecular weight excluding hydrogens is 276 g/mol. The minimum atomic E-state index is 0.917. The van der Waals surface area contributed by atoms with Crippen LogP contribution in [-0.4, -0.2) is 18.0 Å². The van der Waals surface area contributed by atoms with E-state index in [4.69, 9.17) is 0 Å². The predicted molar refractivity (Wildman–Crippen MR) is 94.1 cm³/mol. The molecule has 0 aliphatic heterocycles. The number of aryl methyl sites for hydroxylation is 1. The molecule has 0 spiro atoms. The van der Waals surface area contributed by atoms with Crippen molar-refractivity contribution in [2.75, 3.05) is 18.4 Å². The molecule has 1 heterocycles. The lowest BCUT2D eigenvalue weighted by Gasteiger charge is -2.20. The van der Waals surface area contributed by atoms with Gasteiger partial charge in [-0.2, -0.15) is 0 Å². The molecule has 3 heteroatoms. The number of thiophene rings is 1. The summed E-state index contributed by atoms with van der Waals surface area (Å²) in [5, 5.41) is 3.60. The van der Waals surface area contributed by atoms with E-state index in [9.17, 15) is 0 Å². The van der Waals surface area contributed by atoms with Gasteiger partial charge in [0.1, 0.15) is 0 Å². The van der Waals surface area contributed by atoms with Crippen LogP contribution in [0.1, 0.15) is 36.1 Å². The predicted octanol–water partition coefficient (Wildman–Crippen LogP) is 4.76. The monoisotopic (exact) mass is 302 g/mol. The summed E-state index contributed by atoms with van der Waals surface area (Å²) in [7, 11) is 0. The van der Waals surface area contributed by atoms with E-state index in [1.165, 1.54) is 21.0 Å². The number of para-hydroxylation sites is 1. The van der Waals surface area contributed by atoms with E-state index < -0.39 is 0 Å². The second-order valence-corrected chi connectivity index (χ2v) is 6.45. The summed E-state index contributed by atoms with van der Waals surface area (Å²) in [4.78, 5) is 5.31.